The normalized spacial score (nSPS) is 11.2. The number of nitrogens with zero attached hydrogens (tertiary/aromatic N) is 3. The lowest BCUT2D eigenvalue weighted by molar-refractivity contribution is 0.628. The number of benzene rings is 2. The van der Waals surface area contributed by atoms with Gasteiger partial charge in [0.1, 0.15) is 11.9 Å². The van der Waals surface area contributed by atoms with Crippen LogP contribution >= 0.6 is 34.5 Å². The van der Waals surface area contributed by atoms with E-state index in [0.29, 0.717) is 26.4 Å². The van der Waals surface area contributed by atoms with E-state index in [1.165, 1.54) is 23.5 Å². The Balaban J connectivity index is 1.84. The van der Waals surface area contributed by atoms with E-state index >= 15 is 0 Å². The molecule has 25 heavy (non-hydrogen) atoms. The summed E-state index contributed by atoms with van der Waals surface area (Å²) < 4.78 is 13.0. The molecule has 0 amide bonds. The second-order valence-corrected chi connectivity index (χ2v) is 6.55. The maximum Gasteiger partial charge on any atom is 0.196 e. The van der Waals surface area contributed by atoms with E-state index in [-0.39, 0.29) is 11.5 Å². The van der Waals surface area contributed by atoms with Gasteiger partial charge in [-0.1, -0.05) is 23.2 Å². The van der Waals surface area contributed by atoms with E-state index in [2.05, 4.69) is 15.5 Å². The van der Waals surface area contributed by atoms with Gasteiger partial charge in [-0.05, 0) is 42.5 Å². The largest absolute Gasteiger partial charge is 0.276 e. The van der Waals surface area contributed by atoms with Crippen molar-refractivity contribution in [3.05, 3.63) is 68.7 Å². The topological polar surface area (TPSA) is 61.1 Å². The van der Waals surface area contributed by atoms with Crippen LogP contribution < -0.4 is 5.43 Å². The highest BCUT2D eigenvalue weighted by Crippen LogP contribution is 2.26. The van der Waals surface area contributed by atoms with E-state index in [1.54, 1.807) is 35.7 Å². The number of halogens is 3. The Labute approximate surface area is 157 Å². The molecular formula is C17H9Cl2FN4S. The van der Waals surface area contributed by atoms with Gasteiger partial charge in [0.25, 0.3) is 0 Å². The van der Waals surface area contributed by atoms with E-state index in [0.717, 1.165) is 5.56 Å². The van der Waals surface area contributed by atoms with E-state index in [9.17, 15) is 9.65 Å². The number of nitriles is 1. The van der Waals surface area contributed by atoms with Crippen LogP contribution in [-0.2, 0) is 0 Å². The van der Waals surface area contributed by atoms with Crippen LogP contribution in [0.1, 0.15) is 5.01 Å². The first-order valence-electron chi connectivity index (χ1n) is 6.97. The van der Waals surface area contributed by atoms with Crippen molar-refractivity contribution in [2.75, 3.05) is 5.43 Å². The number of rotatable bonds is 4. The zero-order chi connectivity index (χ0) is 17.8. The van der Waals surface area contributed by atoms with Gasteiger partial charge in [-0.25, -0.2) is 9.37 Å². The van der Waals surface area contributed by atoms with Gasteiger partial charge in [0.2, 0.25) is 0 Å². The molecule has 0 radical (unpaired) electrons. The van der Waals surface area contributed by atoms with Crippen LogP contribution in [0.5, 0.6) is 0 Å². The smallest absolute Gasteiger partial charge is 0.196 e. The molecule has 2 aromatic carbocycles. The highest BCUT2D eigenvalue weighted by molar-refractivity contribution is 7.12. The number of aromatic nitrogens is 1. The Bertz CT molecular complexity index is 977. The minimum atomic E-state index is -0.317. The zero-order valence-electron chi connectivity index (χ0n) is 12.5. The predicted molar refractivity (Wildman–Crippen MR) is 99.7 cm³/mol. The van der Waals surface area contributed by atoms with Crippen molar-refractivity contribution in [1.29, 1.82) is 5.26 Å². The van der Waals surface area contributed by atoms with E-state index in [1.807, 2.05) is 6.07 Å². The molecule has 0 atom stereocenters. The van der Waals surface area contributed by atoms with Crippen molar-refractivity contribution in [3.63, 3.8) is 0 Å². The summed E-state index contributed by atoms with van der Waals surface area (Å²) in [5, 5.41) is 16.5. The third-order valence-corrected chi connectivity index (χ3v) is 4.57. The summed E-state index contributed by atoms with van der Waals surface area (Å²) in [4.78, 5) is 4.38. The maximum absolute atomic E-state index is 13.0. The standard InChI is InChI=1S/C17H9Cl2FN4S/c18-11-3-6-14(13(19)7-11)23-24-15(8-21)17-22-16(9-25-17)10-1-4-12(20)5-2-10/h1-7,9,23H. The third kappa shape index (κ3) is 4.15. The molecule has 8 heteroatoms. The second-order valence-electron chi connectivity index (χ2n) is 4.85. The van der Waals surface area contributed by atoms with Gasteiger partial charge < -0.3 is 0 Å². The fourth-order valence-corrected chi connectivity index (χ4v) is 3.17. The number of nitrogens with one attached hydrogen (secondary N) is 1. The highest BCUT2D eigenvalue weighted by atomic mass is 35.5. The molecule has 4 nitrogen and oxygen atoms in total. The van der Waals surface area contributed by atoms with Gasteiger partial charge in [-0.2, -0.15) is 10.4 Å². The molecule has 0 aliphatic carbocycles. The molecule has 0 saturated carbocycles. The number of anilines is 1. The molecule has 0 spiro atoms. The van der Waals surface area contributed by atoms with E-state index < -0.39 is 0 Å². The van der Waals surface area contributed by atoms with Crippen molar-refractivity contribution in [2.45, 2.75) is 0 Å². The molecule has 1 heterocycles. The molecule has 0 aliphatic heterocycles. The molecular weight excluding hydrogens is 382 g/mol. The zero-order valence-corrected chi connectivity index (χ0v) is 14.8. The molecule has 1 N–H and O–H groups in total. The summed E-state index contributed by atoms with van der Waals surface area (Å²) in [6.45, 7) is 0. The van der Waals surface area contributed by atoms with Gasteiger partial charge in [-0.3, -0.25) is 5.43 Å². The summed E-state index contributed by atoms with van der Waals surface area (Å²) in [5.41, 5.74) is 4.78. The van der Waals surface area contributed by atoms with Gasteiger partial charge >= 0.3 is 0 Å². The molecule has 3 rings (SSSR count). The number of hydrogen-bond acceptors (Lipinski definition) is 5. The molecule has 1 aromatic heterocycles. The van der Waals surface area contributed by atoms with Crippen molar-refractivity contribution < 1.29 is 4.39 Å². The summed E-state index contributed by atoms with van der Waals surface area (Å²) in [6.07, 6.45) is 0. The van der Waals surface area contributed by atoms with Crippen LogP contribution in [0.15, 0.2) is 52.9 Å². The first-order chi connectivity index (χ1) is 12.1. The van der Waals surface area contributed by atoms with Gasteiger partial charge in [0, 0.05) is 16.0 Å². The SMILES string of the molecule is N#CC(=NNc1ccc(Cl)cc1Cl)c1nc(-c2ccc(F)cc2)cs1. The highest BCUT2D eigenvalue weighted by Gasteiger charge is 2.11. The maximum atomic E-state index is 13.0. The Morgan fingerprint density at radius 3 is 2.64 bits per heavy atom. The predicted octanol–water partition coefficient (Wildman–Crippen LogP) is 5.60. The van der Waals surface area contributed by atoms with E-state index in [4.69, 9.17) is 23.2 Å². The average Bonchev–Trinajstić information content (AvgIpc) is 3.07. The summed E-state index contributed by atoms with van der Waals surface area (Å²) in [5.74, 6) is -0.317. The molecule has 124 valence electrons. The van der Waals surface area contributed by atoms with Gasteiger partial charge in [0.05, 0.1) is 16.4 Å². The second kappa shape index (κ2) is 7.62. The lowest BCUT2D eigenvalue weighted by Crippen LogP contribution is -2.01. The first-order valence-corrected chi connectivity index (χ1v) is 8.61. The van der Waals surface area contributed by atoms with Crippen molar-refractivity contribution in [2.24, 2.45) is 5.10 Å². The van der Waals surface area contributed by atoms with Crippen molar-refractivity contribution in [1.82, 2.24) is 4.98 Å². The lowest BCUT2D eigenvalue weighted by atomic mass is 10.2. The molecule has 0 fully saturated rings. The Morgan fingerprint density at radius 2 is 1.96 bits per heavy atom. The minimum Gasteiger partial charge on any atom is -0.276 e. The fraction of sp³-hybridized carbons (Fsp3) is 0. The van der Waals surface area contributed by atoms with Crippen LogP contribution in [0, 0.1) is 17.1 Å². The molecule has 0 saturated heterocycles. The lowest BCUT2D eigenvalue weighted by Gasteiger charge is -2.03. The third-order valence-electron chi connectivity index (χ3n) is 3.17. The van der Waals surface area contributed by atoms with Gasteiger partial charge in [-0.15, -0.1) is 11.3 Å². The summed E-state index contributed by atoms with van der Waals surface area (Å²) >= 11 is 13.2. The summed E-state index contributed by atoms with van der Waals surface area (Å²) in [7, 11) is 0. The molecule has 0 bridgehead atoms. The van der Waals surface area contributed by atoms with Crippen LogP contribution in [-0.4, -0.2) is 10.7 Å². The fourth-order valence-electron chi connectivity index (χ4n) is 1.95. The van der Waals surface area contributed by atoms with Crippen LogP contribution in [0.4, 0.5) is 10.1 Å². The molecule has 0 unspecified atom stereocenters. The minimum absolute atomic E-state index is 0.115. The number of thiazole rings is 1. The van der Waals surface area contributed by atoms with Gasteiger partial charge in [0.15, 0.2) is 10.7 Å². The monoisotopic (exact) mass is 390 g/mol. The first kappa shape index (κ1) is 17.4. The quantitative estimate of drug-likeness (QED) is 0.466. The Morgan fingerprint density at radius 1 is 1.20 bits per heavy atom. The Hall–Kier alpha value is -2.46. The van der Waals surface area contributed by atoms with Crippen molar-refractivity contribution in [3.8, 4) is 17.3 Å². The average molecular weight is 391 g/mol. The van der Waals surface area contributed by atoms with Crippen LogP contribution in [0.3, 0.4) is 0 Å². The number of hydrazone groups is 1. The van der Waals surface area contributed by atoms with Crippen LogP contribution in [0.25, 0.3) is 11.3 Å². The molecule has 0 aliphatic rings. The summed E-state index contributed by atoms with van der Waals surface area (Å²) in [6, 6.07) is 12.9. The molecule has 3 aromatic rings. The number of hydrogen-bond donors (Lipinski definition) is 1. The van der Waals surface area contributed by atoms with Crippen molar-refractivity contribution >= 4 is 45.9 Å². The Kier molecular flexibility index (Phi) is 5.29. The van der Waals surface area contributed by atoms with Crippen LogP contribution in [0.2, 0.25) is 10.0 Å².